The highest BCUT2D eigenvalue weighted by Crippen LogP contribution is 2.27. The van der Waals surface area contributed by atoms with E-state index < -0.39 is 0 Å². The zero-order valence-corrected chi connectivity index (χ0v) is 10.9. The first-order chi connectivity index (χ1) is 8.29. The second kappa shape index (κ2) is 6.36. The molecule has 0 atom stereocenters. The molecule has 1 aliphatic carbocycles. The van der Waals surface area contributed by atoms with Crippen molar-refractivity contribution in [2.24, 2.45) is 0 Å². The molecule has 17 heavy (non-hydrogen) atoms. The topological polar surface area (TPSA) is 32.8 Å². The first kappa shape index (κ1) is 12.8. The molecule has 1 saturated heterocycles. The number of unbranched alkanes of at least 4 members (excludes halogenated alkanes) is 1. The van der Waals surface area contributed by atoms with Gasteiger partial charge in [0, 0.05) is 32.2 Å². The Morgan fingerprint density at radius 2 is 1.94 bits per heavy atom. The molecule has 0 radical (unpaired) electrons. The molecule has 4 heteroatoms. The van der Waals surface area contributed by atoms with Crippen LogP contribution in [-0.4, -0.2) is 61.1 Å². The van der Waals surface area contributed by atoms with Crippen LogP contribution in [0.5, 0.6) is 0 Å². The molecular formula is C13H24N2O2. The SMILES string of the molecule is CCCCOC(=O)CN1CCN(C2CC2)CC1. The van der Waals surface area contributed by atoms with Gasteiger partial charge in [0.1, 0.15) is 0 Å². The molecule has 2 fully saturated rings. The van der Waals surface area contributed by atoms with E-state index in [0.717, 1.165) is 45.1 Å². The highest BCUT2D eigenvalue weighted by molar-refractivity contribution is 5.71. The summed E-state index contributed by atoms with van der Waals surface area (Å²) in [5, 5.41) is 0. The van der Waals surface area contributed by atoms with Crippen molar-refractivity contribution >= 4 is 5.97 Å². The minimum atomic E-state index is -0.0571. The van der Waals surface area contributed by atoms with Crippen molar-refractivity contribution in [3.63, 3.8) is 0 Å². The molecular weight excluding hydrogens is 216 g/mol. The van der Waals surface area contributed by atoms with Crippen molar-refractivity contribution in [3.8, 4) is 0 Å². The van der Waals surface area contributed by atoms with Gasteiger partial charge in [0.2, 0.25) is 0 Å². The van der Waals surface area contributed by atoms with Crippen LogP contribution in [0.15, 0.2) is 0 Å². The lowest BCUT2D eigenvalue weighted by atomic mass is 10.3. The zero-order valence-electron chi connectivity index (χ0n) is 10.9. The first-order valence-corrected chi connectivity index (χ1v) is 6.91. The second-order valence-electron chi connectivity index (χ2n) is 5.12. The van der Waals surface area contributed by atoms with E-state index in [9.17, 15) is 4.79 Å². The van der Waals surface area contributed by atoms with Gasteiger partial charge in [-0.25, -0.2) is 0 Å². The molecule has 0 bridgehead atoms. The Morgan fingerprint density at radius 3 is 2.53 bits per heavy atom. The average Bonchev–Trinajstić information content (AvgIpc) is 3.14. The van der Waals surface area contributed by atoms with Crippen molar-refractivity contribution in [1.29, 1.82) is 0 Å². The summed E-state index contributed by atoms with van der Waals surface area (Å²) in [6, 6.07) is 0.855. The number of ether oxygens (including phenoxy) is 1. The third-order valence-electron chi connectivity index (χ3n) is 3.58. The summed E-state index contributed by atoms with van der Waals surface area (Å²) in [4.78, 5) is 16.3. The lowest BCUT2D eigenvalue weighted by Gasteiger charge is -2.34. The van der Waals surface area contributed by atoms with Crippen molar-refractivity contribution in [2.45, 2.75) is 38.6 Å². The van der Waals surface area contributed by atoms with Gasteiger partial charge in [0.25, 0.3) is 0 Å². The first-order valence-electron chi connectivity index (χ1n) is 6.91. The van der Waals surface area contributed by atoms with Crippen LogP contribution in [0.3, 0.4) is 0 Å². The Kier molecular flexibility index (Phi) is 4.80. The van der Waals surface area contributed by atoms with Crippen LogP contribution in [0.4, 0.5) is 0 Å². The van der Waals surface area contributed by atoms with Gasteiger partial charge in [-0.1, -0.05) is 13.3 Å². The Hall–Kier alpha value is -0.610. The van der Waals surface area contributed by atoms with E-state index in [-0.39, 0.29) is 5.97 Å². The van der Waals surface area contributed by atoms with Crippen molar-refractivity contribution in [1.82, 2.24) is 9.80 Å². The number of nitrogens with zero attached hydrogens (tertiary/aromatic N) is 2. The summed E-state index contributed by atoms with van der Waals surface area (Å²) in [5.41, 5.74) is 0. The largest absolute Gasteiger partial charge is 0.465 e. The van der Waals surface area contributed by atoms with Crippen LogP contribution in [0, 0.1) is 0 Å². The van der Waals surface area contributed by atoms with Crippen molar-refractivity contribution in [2.75, 3.05) is 39.3 Å². The molecule has 0 spiro atoms. The molecule has 0 N–H and O–H groups in total. The average molecular weight is 240 g/mol. The zero-order chi connectivity index (χ0) is 12.1. The molecule has 0 unspecified atom stereocenters. The summed E-state index contributed by atoms with van der Waals surface area (Å²) in [7, 11) is 0. The minimum absolute atomic E-state index is 0.0571. The van der Waals surface area contributed by atoms with Crippen LogP contribution in [-0.2, 0) is 9.53 Å². The second-order valence-corrected chi connectivity index (χ2v) is 5.12. The minimum Gasteiger partial charge on any atom is -0.465 e. The Bertz CT molecular complexity index is 246. The number of carbonyl (C=O) groups is 1. The third kappa shape index (κ3) is 4.28. The van der Waals surface area contributed by atoms with Crippen LogP contribution in [0.25, 0.3) is 0 Å². The summed E-state index contributed by atoms with van der Waals surface area (Å²) in [6.45, 7) is 7.42. The summed E-state index contributed by atoms with van der Waals surface area (Å²) < 4.78 is 5.18. The van der Waals surface area contributed by atoms with Gasteiger partial charge in [0.15, 0.2) is 0 Å². The van der Waals surface area contributed by atoms with Gasteiger partial charge in [-0.2, -0.15) is 0 Å². The maximum atomic E-state index is 11.5. The van der Waals surface area contributed by atoms with E-state index in [0.29, 0.717) is 13.2 Å². The smallest absolute Gasteiger partial charge is 0.320 e. The highest BCUT2D eigenvalue weighted by Gasteiger charge is 2.31. The predicted molar refractivity (Wildman–Crippen MR) is 66.9 cm³/mol. The number of hydrogen-bond donors (Lipinski definition) is 0. The van der Waals surface area contributed by atoms with E-state index in [1.165, 1.54) is 12.8 Å². The number of piperazine rings is 1. The molecule has 98 valence electrons. The predicted octanol–water partition coefficient (Wildman–Crippen LogP) is 1.11. The van der Waals surface area contributed by atoms with E-state index in [2.05, 4.69) is 16.7 Å². The third-order valence-corrected chi connectivity index (χ3v) is 3.58. The summed E-state index contributed by atoms with van der Waals surface area (Å²) >= 11 is 0. The number of carbonyl (C=O) groups excluding carboxylic acids is 1. The highest BCUT2D eigenvalue weighted by atomic mass is 16.5. The fraction of sp³-hybridized carbons (Fsp3) is 0.923. The van der Waals surface area contributed by atoms with E-state index in [1.54, 1.807) is 0 Å². The maximum Gasteiger partial charge on any atom is 0.320 e. The molecule has 2 rings (SSSR count). The molecule has 0 amide bonds. The van der Waals surface area contributed by atoms with Gasteiger partial charge >= 0.3 is 5.97 Å². The molecule has 0 aromatic rings. The number of hydrogen-bond acceptors (Lipinski definition) is 4. The molecule has 1 heterocycles. The molecule has 1 aliphatic heterocycles. The van der Waals surface area contributed by atoms with Crippen molar-refractivity contribution in [3.05, 3.63) is 0 Å². The van der Waals surface area contributed by atoms with E-state index in [1.807, 2.05) is 0 Å². The Morgan fingerprint density at radius 1 is 1.24 bits per heavy atom. The fourth-order valence-electron chi connectivity index (χ4n) is 2.28. The van der Waals surface area contributed by atoms with Crippen molar-refractivity contribution < 1.29 is 9.53 Å². The van der Waals surface area contributed by atoms with E-state index in [4.69, 9.17) is 4.74 Å². The van der Waals surface area contributed by atoms with E-state index >= 15 is 0 Å². The normalized spacial score (nSPS) is 22.6. The Balaban J connectivity index is 1.58. The molecule has 2 aliphatic rings. The summed E-state index contributed by atoms with van der Waals surface area (Å²) in [6.07, 6.45) is 4.80. The fourth-order valence-corrected chi connectivity index (χ4v) is 2.28. The van der Waals surface area contributed by atoms with Crippen LogP contribution >= 0.6 is 0 Å². The van der Waals surface area contributed by atoms with Crippen LogP contribution in [0.1, 0.15) is 32.6 Å². The van der Waals surface area contributed by atoms with Gasteiger partial charge in [0.05, 0.1) is 13.2 Å². The van der Waals surface area contributed by atoms with Gasteiger partial charge < -0.3 is 4.74 Å². The summed E-state index contributed by atoms with van der Waals surface area (Å²) in [5.74, 6) is -0.0571. The lowest BCUT2D eigenvalue weighted by Crippen LogP contribution is -2.48. The van der Waals surface area contributed by atoms with Crippen LogP contribution in [0.2, 0.25) is 0 Å². The quantitative estimate of drug-likeness (QED) is 0.514. The number of esters is 1. The standard InChI is InChI=1S/C13H24N2O2/c1-2-3-10-17-13(16)11-14-6-8-15(9-7-14)12-4-5-12/h12H,2-11H2,1H3. The molecule has 4 nitrogen and oxygen atoms in total. The maximum absolute atomic E-state index is 11.5. The van der Waals surface area contributed by atoms with Gasteiger partial charge in [-0.15, -0.1) is 0 Å². The van der Waals surface area contributed by atoms with Gasteiger partial charge in [-0.3, -0.25) is 14.6 Å². The molecule has 0 aromatic carbocycles. The molecule has 1 saturated carbocycles. The monoisotopic (exact) mass is 240 g/mol. The van der Waals surface area contributed by atoms with Crippen LogP contribution < -0.4 is 0 Å². The number of rotatable bonds is 6. The van der Waals surface area contributed by atoms with Gasteiger partial charge in [-0.05, 0) is 19.3 Å². The lowest BCUT2D eigenvalue weighted by molar-refractivity contribution is -0.145. The Labute approximate surface area is 104 Å². The molecule has 0 aromatic heterocycles.